The Labute approximate surface area is 199 Å². The molecule has 0 saturated heterocycles. The number of hydrogen-bond acceptors (Lipinski definition) is 5. The third kappa shape index (κ3) is 4.20. The second-order valence-corrected chi connectivity index (χ2v) is 8.93. The molecule has 2 aromatic carbocycles. The number of hydrogen-bond donors (Lipinski definition) is 2. The van der Waals surface area contributed by atoms with Crippen LogP contribution in [0.4, 0.5) is 13.2 Å². The molecule has 0 spiro atoms. The highest BCUT2D eigenvalue weighted by atomic mass is 35.5. The Morgan fingerprint density at radius 3 is 2.44 bits per heavy atom. The number of aromatic hydroxyl groups is 1. The van der Waals surface area contributed by atoms with Crippen molar-refractivity contribution in [2.75, 3.05) is 0 Å². The summed E-state index contributed by atoms with van der Waals surface area (Å²) >= 11 is 6.75. The molecule has 0 bridgehead atoms. The molecule has 3 aromatic heterocycles. The number of aromatic nitrogens is 2. The van der Waals surface area contributed by atoms with E-state index in [4.69, 9.17) is 16.3 Å². The van der Waals surface area contributed by atoms with Crippen LogP contribution in [0.25, 0.3) is 31.7 Å². The van der Waals surface area contributed by atoms with Gasteiger partial charge in [0.05, 0.1) is 21.5 Å². The number of pyridine rings is 2. The first kappa shape index (κ1) is 22.2. The van der Waals surface area contributed by atoms with E-state index in [1.165, 1.54) is 0 Å². The van der Waals surface area contributed by atoms with Gasteiger partial charge in [-0.1, -0.05) is 23.7 Å². The standard InChI is InChI=1S/C24H14ClF3N2O3S/c25-14-5-1-12(2-6-14)11-33-15-7-3-13(4-8-15)17-9-16(24(26,27)28)20-21-22(34-23(20)29-17)18(31)10-19(32)30-21/h1-10H,11H2,(H2,30,31,32). The van der Waals surface area contributed by atoms with Crippen molar-refractivity contribution >= 4 is 43.4 Å². The van der Waals surface area contributed by atoms with Crippen LogP contribution in [0.3, 0.4) is 0 Å². The van der Waals surface area contributed by atoms with Gasteiger partial charge < -0.3 is 14.8 Å². The maximum absolute atomic E-state index is 14.0. The van der Waals surface area contributed by atoms with Crippen molar-refractivity contribution in [2.45, 2.75) is 12.8 Å². The lowest BCUT2D eigenvalue weighted by molar-refractivity contribution is -0.136. The first-order chi connectivity index (χ1) is 16.2. The molecule has 0 saturated carbocycles. The number of nitrogens with one attached hydrogen (secondary N) is 1. The summed E-state index contributed by atoms with van der Waals surface area (Å²) in [6.07, 6.45) is -4.70. The molecule has 34 heavy (non-hydrogen) atoms. The zero-order valence-corrected chi connectivity index (χ0v) is 18.7. The summed E-state index contributed by atoms with van der Waals surface area (Å²) in [5, 5.41) is 10.4. The largest absolute Gasteiger partial charge is 0.506 e. The summed E-state index contributed by atoms with van der Waals surface area (Å²) in [4.78, 5) is 18.6. The molecule has 0 amide bonds. The van der Waals surface area contributed by atoms with Gasteiger partial charge in [-0.15, -0.1) is 11.3 Å². The highest BCUT2D eigenvalue weighted by molar-refractivity contribution is 7.25. The van der Waals surface area contributed by atoms with Crippen LogP contribution < -0.4 is 10.3 Å². The number of benzene rings is 2. The van der Waals surface area contributed by atoms with Gasteiger partial charge in [0, 0.05) is 22.0 Å². The van der Waals surface area contributed by atoms with Crippen molar-refractivity contribution in [1.82, 2.24) is 9.97 Å². The molecule has 0 fully saturated rings. The molecule has 10 heteroatoms. The van der Waals surface area contributed by atoms with E-state index in [1.807, 2.05) is 12.1 Å². The van der Waals surface area contributed by atoms with Gasteiger partial charge >= 0.3 is 6.18 Å². The molecule has 5 aromatic rings. The Bertz CT molecular complexity index is 1580. The van der Waals surface area contributed by atoms with Crippen LogP contribution in [0, 0.1) is 0 Å². The molecule has 5 nitrogen and oxygen atoms in total. The Balaban J connectivity index is 1.53. The van der Waals surface area contributed by atoms with Gasteiger partial charge in [-0.2, -0.15) is 13.2 Å². The van der Waals surface area contributed by atoms with Gasteiger partial charge in [-0.25, -0.2) is 4.98 Å². The minimum atomic E-state index is -4.70. The molecule has 0 unspecified atom stereocenters. The lowest BCUT2D eigenvalue weighted by Crippen LogP contribution is -2.08. The van der Waals surface area contributed by atoms with E-state index >= 15 is 0 Å². The third-order valence-electron chi connectivity index (χ3n) is 5.18. The van der Waals surface area contributed by atoms with Gasteiger partial charge in [-0.3, -0.25) is 4.79 Å². The molecule has 0 atom stereocenters. The lowest BCUT2D eigenvalue weighted by Gasteiger charge is -2.11. The second kappa shape index (κ2) is 8.34. The van der Waals surface area contributed by atoms with Crippen molar-refractivity contribution in [2.24, 2.45) is 0 Å². The normalized spacial score (nSPS) is 11.9. The smallest absolute Gasteiger partial charge is 0.417 e. The fraction of sp³-hybridized carbons (Fsp3) is 0.0833. The first-order valence-electron chi connectivity index (χ1n) is 9.93. The second-order valence-electron chi connectivity index (χ2n) is 7.50. The maximum Gasteiger partial charge on any atom is 0.417 e. The molecule has 0 radical (unpaired) electrons. The van der Waals surface area contributed by atoms with Gasteiger partial charge in [0.15, 0.2) is 0 Å². The van der Waals surface area contributed by atoms with Crippen LogP contribution in [0.5, 0.6) is 11.5 Å². The molecule has 2 N–H and O–H groups in total. The predicted octanol–water partition coefficient (Wildman–Crippen LogP) is 6.76. The van der Waals surface area contributed by atoms with E-state index in [0.29, 0.717) is 22.9 Å². The van der Waals surface area contributed by atoms with Crippen LogP contribution in [-0.2, 0) is 12.8 Å². The van der Waals surface area contributed by atoms with E-state index in [9.17, 15) is 23.1 Å². The Morgan fingerprint density at radius 1 is 1.06 bits per heavy atom. The zero-order chi connectivity index (χ0) is 24.0. The molecule has 0 aliphatic rings. The number of rotatable bonds is 4. The minimum Gasteiger partial charge on any atom is -0.506 e. The summed E-state index contributed by atoms with van der Waals surface area (Å²) in [7, 11) is 0. The van der Waals surface area contributed by atoms with Gasteiger partial charge in [0.25, 0.3) is 5.56 Å². The average Bonchev–Trinajstić information content (AvgIpc) is 3.16. The molecule has 3 heterocycles. The number of thiophene rings is 1. The van der Waals surface area contributed by atoms with Crippen LogP contribution >= 0.6 is 22.9 Å². The van der Waals surface area contributed by atoms with Crippen LogP contribution in [0.2, 0.25) is 5.02 Å². The van der Waals surface area contributed by atoms with E-state index < -0.39 is 23.0 Å². The number of halogens is 4. The molecule has 5 rings (SSSR count). The van der Waals surface area contributed by atoms with Crippen molar-refractivity contribution in [3.63, 3.8) is 0 Å². The predicted molar refractivity (Wildman–Crippen MR) is 126 cm³/mol. The number of ether oxygens (including phenoxy) is 1. The summed E-state index contributed by atoms with van der Waals surface area (Å²) in [5.41, 5.74) is -0.234. The number of H-pyrrole nitrogens is 1. The molecule has 0 aliphatic carbocycles. The number of nitrogens with zero attached hydrogens (tertiary/aromatic N) is 1. The Hall–Kier alpha value is -3.56. The fourth-order valence-corrected chi connectivity index (χ4v) is 4.78. The van der Waals surface area contributed by atoms with Gasteiger partial charge in [0.2, 0.25) is 0 Å². The lowest BCUT2D eigenvalue weighted by atomic mass is 10.1. The minimum absolute atomic E-state index is 0.0556. The average molecular weight is 503 g/mol. The van der Waals surface area contributed by atoms with Crippen LogP contribution in [0.1, 0.15) is 11.1 Å². The Kier molecular flexibility index (Phi) is 5.45. The van der Waals surface area contributed by atoms with Crippen molar-refractivity contribution in [3.05, 3.63) is 87.2 Å². The topological polar surface area (TPSA) is 75.2 Å². The highest BCUT2D eigenvalue weighted by Gasteiger charge is 2.35. The van der Waals surface area contributed by atoms with Crippen LogP contribution in [0.15, 0.2) is 65.5 Å². The zero-order valence-electron chi connectivity index (χ0n) is 17.1. The van der Waals surface area contributed by atoms with E-state index in [2.05, 4.69) is 9.97 Å². The number of aromatic amines is 1. The quantitative estimate of drug-likeness (QED) is 0.284. The van der Waals surface area contributed by atoms with E-state index in [1.54, 1.807) is 36.4 Å². The molecular formula is C24H14ClF3N2O3S. The first-order valence-corrected chi connectivity index (χ1v) is 11.1. The summed E-state index contributed by atoms with van der Waals surface area (Å²) in [6.45, 7) is 0.308. The summed E-state index contributed by atoms with van der Waals surface area (Å²) in [5.74, 6) is 0.152. The third-order valence-corrected chi connectivity index (χ3v) is 6.54. The van der Waals surface area contributed by atoms with Crippen molar-refractivity contribution < 1.29 is 23.0 Å². The fourth-order valence-electron chi connectivity index (χ4n) is 3.59. The highest BCUT2D eigenvalue weighted by Crippen LogP contribution is 2.44. The molecule has 0 aliphatic heterocycles. The van der Waals surface area contributed by atoms with E-state index in [0.717, 1.165) is 29.0 Å². The van der Waals surface area contributed by atoms with Crippen molar-refractivity contribution in [1.29, 1.82) is 0 Å². The SMILES string of the molecule is O=c1cc(O)c2sc3nc(-c4ccc(OCc5ccc(Cl)cc5)cc4)cc(C(F)(F)F)c3c2[nH]1. The summed E-state index contributed by atoms with van der Waals surface area (Å²) in [6, 6.07) is 15.6. The van der Waals surface area contributed by atoms with E-state index in [-0.39, 0.29) is 26.1 Å². The number of fused-ring (bicyclic) bond motifs is 3. The van der Waals surface area contributed by atoms with Gasteiger partial charge in [-0.05, 0) is 48.0 Å². The van der Waals surface area contributed by atoms with Crippen molar-refractivity contribution in [3.8, 4) is 22.8 Å². The van der Waals surface area contributed by atoms with Gasteiger partial charge in [0.1, 0.15) is 22.9 Å². The monoisotopic (exact) mass is 502 g/mol. The number of alkyl halides is 3. The van der Waals surface area contributed by atoms with Crippen LogP contribution in [-0.4, -0.2) is 15.1 Å². The molecule has 172 valence electrons. The Morgan fingerprint density at radius 2 is 1.76 bits per heavy atom. The maximum atomic E-state index is 14.0. The summed E-state index contributed by atoms with van der Waals surface area (Å²) < 4.78 is 47.8. The molecular weight excluding hydrogens is 489 g/mol.